The van der Waals surface area contributed by atoms with Crippen molar-refractivity contribution in [2.24, 2.45) is 10.9 Å². The number of sulfonamides is 1. The van der Waals surface area contributed by atoms with Crippen molar-refractivity contribution in [3.8, 4) is 0 Å². The molecule has 0 unspecified atom stereocenters. The van der Waals surface area contributed by atoms with Crippen LogP contribution in [0.5, 0.6) is 0 Å². The van der Waals surface area contributed by atoms with Crippen LogP contribution < -0.4 is 16.2 Å². The Morgan fingerprint density at radius 3 is 2.74 bits per heavy atom. The van der Waals surface area contributed by atoms with Crippen LogP contribution in [0.1, 0.15) is 6.92 Å². The van der Waals surface area contributed by atoms with E-state index in [9.17, 15) is 13.2 Å². The highest BCUT2D eigenvalue weighted by Crippen LogP contribution is 2.26. The molecule has 0 saturated carbocycles. The van der Waals surface area contributed by atoms with E-state index in [0.717, 1.165) is 11.3 Å². The number of amides is 1. The van der Waals surface area contributed by atoms with E-state index in [1.54, 1.807) is 25.1 Å². The van der Waals surface area contributed by atoms with Crippen molar-refractivity contribution in [3.05, 3.63) is 18.2 Å². The Labute approximate surface area is 113 Å². The molecule has 2 rings (SSSR count). The molecule has 1 aromatic heterocycles. The number of rotatable bonds is 3. The van der Waals surface area contributed by atoms with E-state index in [1.807, 2.05) is 0 Å². The van der Waals surface area contributed by atoms with Crippen LogP contribution >= 0.6 is 11.3 Å². The van der Waals surface area contributed by atoms with Gasteiger partial charge in [-0.3, -0.25) is 4.79 Å². The average Bonchev–Trinajstić information content (AvgIpc) is 2.71. The lowest BCUT2D eigenvalue weighted by Crippen LogP contribution is -2.32. The van der Waals surface area contributed by atoms with Crippen molar-refractivity contribution >= 4 is 43.2 Å². The molecule has 0 fully saturated rings. The number of benzene rings is 1. The van der Waals surface area contributed by atoms with E-state index in [4.69, 9.17) is 10.9 Å². The van der Waals surface area contributed by atoms with E-state index in [0.29, 0.717) is 15.9 Å². The minimum Gasteiger partial charge on any atom is -0.325 e. The van der Waals surface area contributed by atoms with Gasteiger partial charge in [0.15, 0.2) is 0 Å². The third-order valence-corrected chi connectivity index (χ3v) is 4.65. The summed E-state index contributed by atoms with van der Waals surface area (Å²) in [5.41, 5.74) is 6.39. The van der Waals surface area contributed by atoms with Crippen molar-refractivity contribution in [2.75, 3.05) is 5.32 Å². The van der Waals surface area contributed by atoms with Gasteiger partial charge in [0.2, 0.25) is 10.2 Å². The van der Waals surface area contributed by atoms with Gasteiger partial charge in [-0.05, 0) is 25.1 Å². The summed E-state index contributed by atoms with van der Waals surface area (Å²) >= 11 is 0.977. The van der Waals surface area contributed by atoms with Crippen LogP contribution in [-0.4, -0.2) is 25.4 Å². The Kier molecular flexibility index (Phi) is 3.54. The molecule has 0 aliphatic carbocycles. The molecule has 1 amide bonds. The molecule has 0 bridgehead atoms. The molecule has 0 radical (unpaired) electrons. The van der Waals surface area contributed by atoms with Crippen LogP contribution in [0.3, 0.4) is 0 Å². The second-order valence-electron chi connectivity index (χ2n) is 3.99. The fourth-order valence-electron chi connectivity index (χ4n) is 1.36. The molecule has 1 aromatic carbocycles. The van der Waals surface area contributed by atoms with Crippen molar-refractivity contribution in [2.45, 2.75) is 17.3 Å². The van der Waals surface area contributed by atoms with Gasteiger partial charge in [0, 0.05) is 5.69 Å². The van der Waals surface area contributed by atoms with E-state index in [1.165, 1.54) is 0 Å². The van der Waals surface area contributed by atoms with Crippen LogP contribution in [0.2, 0.25) is 0 Å². The SMILES string of the molecule is C[C@H](N)C(=O)Nc1ccc2sc(S(N)(=O)=O)nc2c1. The highest BCUT2D eigenvalue weighted by Gasteiger charge is 2.15. The molecule has 2 aromatic rings. The van der Waals surface area contributed by atoms with E-state index < -0.39 is 16.1 Å². The van der Waals surface area contributed by atoms with Crippen molar-refractivity contribution < 1.29 is 13.2 Å². The monoisotopic (exact) mass is 300 g/mol. The first kappa shape index (κ1) is 13.9. The summed E-state index contributed by atoms with van der Waals surface area (Å²) in [4.78, 5) is 15.4. The van der Waals surface area contributed by atoms with Crippen LogP contribution in [-0.2, 0) is 14.8 Å². The number of anilines is 1. The molecule has 9 heteroatoms. The molecule has 0 aliphatic heterocycles. The van der Waals surface area contributed by atoms with Crippen LogP contribution in [0.4, 0.5) is 5.69 Å². The summed E-state index contributed by atoms with van der Waals surface area (Å²) in [7, 11) is -3.81. The normalized spacial score (nSPS) is 13.4. The zero-order valence-corrected chi connectivity index (χ0v) is 11.6. The number of nitrogens with one attached hydrogen (secondary N) is 1. The number of hydrogen-bond acceptors (Lipinski definition) is 6. The molecular formula is C10H12N4O3S2. The van der Waals surface area contributed by atoms with E-state index in [2.05, 4.69) is 10.3 Å². The van der Waals surface area contributed by atoms with Gasteiger partial charge < -0.3 is 11.1 Å². The quantitative estimate of drug-likeness (QED) is 0.747. The van der Waals surface area contributed by atoms with Gasteiger partial charge in [-0.2, -0.15) is 0 Å². The average molecular weight is 300 g/mol. The number of aromatic nitrogens is 1. The highest BCUT2D eigenvalue weighted by atomic mass is 32.2. The standard InChI is InChI=1S/C10H12N4O3S2/c1-5(11)9(15)13-6-2-3-8-7(4-6)14-10(18-8)19(12,16)17/h2-5H,11H2,1H3,(H,13,15)(H2,12,16,17)/t5-/m0/s1. The van der Waals surface area contributed by atoms with Crippen molar-refractivity contribution in [1.29, 1.82) is 0 Å². The van der Waals surface area contributed by atoms with Gasteiger partial charge in [0.05, 0.1) is 16.3 Å². The van der Waals surface area contributed by atoms with Crippen molar-refractivity contribution in [1.82, 2.24) is 4.98 Å². The number of nitrogens with zero attached hydrogens (tertiary/aromatic N) is 1. The van der Waals surface area contributed by atoms with Gasteiger partial charge in [-0.15, -0.1) is 11.3 Å². The molecule has 1 atom stereocenters. The predicted octanol–water partition coefficient (Wildman–Crippen LogP) is 0.229. The van der Waals surface area contributed by atoms with Gasteiger partial charge in [0.25, 0.3) is 10.0 Å². The first-order chi connectivity index (χ1) is 8.77. The Morgan fingerprint density at radius 2 is 2.16 bits per heavy atom. The predicted molar refractivity (Wildman–Crippen MR) is 73.3 cm³/mol. The third-order valence-electron chi connectivity index (χ3n) is 2.29. The van der Waals surface area contributed by atoms with E-state index >= 15 is 0 Å². The number of nitrogens with two attached hydrogens (primary N) is 2. The van der Waals surface area contributed by atoms with Gasteiger partial charge in [-0.25, -0.2) is 18.5 Å². The Hall–Kier alpha value is -1.55. The van der Waals surface area contributed by atoms with Crippen LogP contribution in [0, 0.1) is 0 Å². The highest BCUT2D eigenvalue weighted by molar-refractivity contribution is 7.91. The number of thiazole rings is 1. The summed E-state index contributed by atoms with van der Waals surface area (Å²) in [5.74, 6) is -0.332. The minimum atomic E-state index is -3.81. The smallest absolute Gasteiger partial charge is 0.265 e. The number of fused-ring (bicyclic) bond motifs is 1. The minimum absolute atomic E-state index is 0.154. The molecule has 7 nitrogen and oxygen atoms in total. The lowest BCUT2D eigenvalue weighted by atomic mass is 10.2. The third kappa shape index (κ3) is 3.07. The molecule has 0 spiro atoms. The molecule has 102 valence electrons. The number of primary sulfonamides is 1. The van der Waals surface area contributed by atoms with Gasteiger partial charge in [-0.1, -0.05) is 0 Å². The molecule has 1 heterocycles. The van der Waals surface area contributed by atoms with Crippen LogP contribution in [0.15, 0.2) is 22.5 Å². The summed E-state index contributed by atoms with van der Waals surface area (Å²) < 4.78 is 22.9. The summed E-state index contributed by atoms with van der Waals surface area (Å²) in [6.07, 6.45) is 0. The summed E-state index contributed by atoms with van der Waals surface area (Å²) in [5, 5.41) is 7.61. The first-order valence-electron chi connectivity index (χ1n) is 5.27. The summed E-state index contributed by atoms with van der Waals surface area (Å²) in [6.45, 7) is 1.57. The molecule has 19 heavy (non-hydrogen) atoms. The molecular weight excluding hydrogens is 288 g/mol. The second kappa shape index (κ2) is 4.85. The first-order valence-corrected chi connectivity index (χ1v) is 7.63. The number of carbonyl (C=O) groups is 1. The van der Waals surface area contributed by atoms with E-state index in [-0.39, 0.29) is 10.2 Å². The Balaban J connectivity index is 2.38. The maximum atomic E-state index is 11.4. The number of hydrogen-bond donors (Lipinski definition) is 3. The lowest BCUT2D eigenvalue weighted by Gasteiger charge is -2.07. The topological polar surface area (TPSA) is 128 Å². The number of carbonyl (C=O) groups excluding carboxylic acids is 1. The maximum Gasteiger partial charge on any atom is 0.265 e. The molecule has 0 aliphatic rings. The van der Waals surface area contributed by atoms with Gasteiger partial charge >= 0.3 is 0 Å². The zero-order chi connectivity index (χ0) is 14.2. The zero-order valence-electron chi connectivity index (χ0n) is 9.95. The summed E-state index contributed by atoms with van der Waals surface area (Å²) in [6, 6.07) is 4.25. The van der Waals surface area contributed by atoms with Gasteiger partial charge in [0.1, 0.15) is 0 Å². The Morgan fingerprint density at radius 1 is 1.47 bits per heavy atom. The van der Waals surface area contributed by atoms with Crippen LogP contribution in [0.25, 0.3) is 10.2 Å². The maximum absolute atomic E-state index is 11.4. The Bertz CT molecular complexity index is 736. The fourth-order valence-corrected chi connectivity index (χ4v) is 3.00. The fraction of sp³-hybridized carbons (Fsp3) is 0.200. The largest absolute Gasteiger partial charge is 0.325 e. The molecule has 5 N–H and O–H groups in total. The van der Waals surface area contributed by atoms with Crippen molar-refractivity contribution in [3.63, 3.8) is 0 Å². The molecule has 0 saturated heterocycles. The lowest BCUT2D eigenvalue weighted by molar-refractivity contribution is -0.117. The second-order valence-corrected chi connectivity index (χ2v) is 6.75.